The van der Waals surface area contributed by atoms with Crippen LogP contribution in [0.25, 0.3) is 0 Å². The van der Waals surface area contributed by atoms with Gasteiger partial charge in [0.1, 0.15) is 0 Å². The van der Waals surface area contributed by atoms with E-state index in [1.807, 2.05) is 0 Å². The van der Waals surface area contributed by atoms with Crippen molar-refractivity contribution >= 4 is 15.9 Å². The first-order valence-electron chi connectivity index (χ1n) is 7.82. The van der Waals surface area contributed by atoms with Crippen LogP contribution in [-0.2, 0) is 6.42 Å². The minimum atomic E-state index is 0.0475. The van der Waals surface area contributed by atoms with Crippen LogP contribution in [0.2, 0.25) is 0 Å². The quantitative estimate of drug-likeness (QED) is 0.877. The fraction of sp³-hybridized carbons (Fsp3) is 0.647. The zero-order valence-corrected chi connectivity index (χ0v) is 14.5. The van der Waals surface area contributed by atoms with Crippen LogP contribution < -0.4 is 14.8 Å². The monoisotopic (exact) mass is 353 g/mol. The molecule has 0 aromatic heterocycles. The lowest BCUT2D eigenvalue weighted by Gasteiger charge is -2.23. The number of benzene rings is 1. The molecule has 0 aliphatic carbocycles. The smallest absolute Gasteiger partial charge is 0.175 e. The molecule has 0 radical (unpaired) electrons. The van der Waals surface area contributed by atoms with Gasteiger partial charge in [0.05, 0.1) is 17.7 Å². The van der Waals surface area contributed by atoms with Crippen LogP contribution in [0.5, 0.6) is 11.5 Å². The van der Waals surface area contributed by atoms with E-state index in [0.717, 1.165) is 41.4 Å². The topological polar surface area (TPSA) is 30.5 Å². The number of rotatable bonds is 2. The van der Waals surface area contributed by atoms with Crippen molar-refractivity contribution in [3.63, 3.8) is 0 Å². The number of fused-ring (bicyclic) bond motifs is 1. The van der Waals surface area contributed by atoms with Gasteiger partial charge in [0.15, 0.2) is 11.5 Å². The van der Waals surface area contributed by atoms with Crippen LogP contribution in [0.15, 0.2) is 16.6 Å². The molecule has 116 valence electrons. The normalized spacial score (nSPS) is 24.4. The lowest BCUT2D eigenvalue weighted by molar-refractivity contribution is 0.140. The predicted molar refractivity (Wildman–Crippen MR) is 88.2 cm³/mol. The molecule has 0 saturated carbocycles. The summed E-state index contributed by atoms with van der Waals surface area (Å²) >= 11 is 3.65. The average molecular weight is 354 g/mol. The summed E-state index contributed by atoms with van der Waals surface area (Å²) in [7, 11) is 0. The third-order valence-corrected chi connectivity index (χ3v) is 4.81. The van der Waals surface area contributed by atoms with Gasteiger partial charge in [-0.15, -0.1) is 0 Å². The first-order chi connectivity index (χ1) is 10.0. The van der Waals surface area contributed by atoms with E-state index >= 15 is 0 Å². The van der Waals surface area contributed by atoms with Crippen molar-refractivity contribution < 1.29 is 9.47 Å². The SMILES string of the molecule is CC1(C)COc2cc(CC3CCCNC3)cc(Br)c2OC1. The number of halogens is 1. The minimum Gasteiger partial charge on any atom is -0.489 e. The van der Waals surface area contributed by atoms with Crippen molar-refractivity contribution in [1.29, 1.82) is 0 Å². The van der Waals surface area contributed by atoms with Crippen molar-refractivity contribution in [2.24, 2.45) is 11.3 Å². The van der Waals surface area contributed by atoms with Gasteiger partial charge in [0.25, 0.3) is 0 Å². The Morgan fingerprint density at radius 1 is 1.29 bits per heavy atom. The third kappa shape index (κ3) is 3.72. The molecule has 1 aromatic carbocycles. The Kier molecular flexibility index (Phi) is 4.46. The van der Waals surface area contributed by atoms with Crippen LogP contribution in [0.4, 0.5) is 0 Å². The summed E-state index contributed by atoms with van der Waals surface area (Å²) in [6, 6.07) is 4.35. The number of hydrogen-bond donors (Lipinski definition) is 1. The molecule has 2 aliphatic rings. The molecule has 1 saturated heterocycles. The minimum absolute atomic E-state index is 0.0475. The fourth-order valence-corrected chi connectivity index (χ4v) is 3.60. The van der Waals surface area contributed by atoms with E-state index in [9.17, 15) is 0 Å². The Morgan fingerprint density at radius 2 is 2.10 bits per heavy atom. The number of ether oxygens (including phenoxy) is 2. The van der Waals surface area contributed by atoms with Gasteiger partial charge in [-0.25, -0.2) is 0 Å². The highest BCUT2D eigenvalue weighted by Crippen LogP contribution is 2.41. The molecular weight excluding hydrogens is 330 g/mol. The molecule has 21 heavy (non-hydrogen) atoms. The zero-order valence-electron chi connectivity index (χ0n) is 12.9. The summed E-state index contributed by atoms with van der Waals surface area (Å²) < 4.78 is 13.0. The van der Waals surface area contributed by atoms with Crippen molar-refractivity contribution in [1.82, 2.24) is 5.32 Å². The first kappa shape index (κ1) is 15.2. The Labute approximate surface area is 135 Å². The Bertz CT molecular complexity index is 510. The van der Waals surface area contributed by atoms with Crippen molar-refractivity contribution in [3.8, 4) is 11.5 Å². The van der Waals surface area contributed by atoms with Gasteiger partial charge < -0.3 is 14.8 Å². The second-order valence-corrected chi connectivity index (χ2v) is 7.92. The molecule has 1 fully saturated rings. The number of nitrogens with one attached hydrogen (secondary N) is 1. The molecule has 3 rings (SSSR count). The van der Waals surface area contributed by atoms with Gasteiger partial charge in [0.2, 0.25) is 0 Å². The molecule has 1 N–H and O–H groups in total. The Morgan fingerprint density at radius 3 is 2.86 bits per heavy atom. The molecule has 0 bridgehead atoms. The first-order valence-corrected chi connectivity index (χ1v) is 8.61. The summed E-state index contributed by atoms with van der Waals surface area (Å²) in [6.45, 7) is 8.00. The summed E-state index contributed by atoms with van der Waals surface area (Å²) in [5.74, 6) is 2.46. The van der Waals surface area contributed by atoms with Crippen molar-refractivity contribution in [2.75, 3.05) is 26.3 Å². The van der Waals surface area contributed by atoms with E-state index in [-0.39, 0.29) is 5.41 Å². The summed E-state index contributed by atoms with van der Waals surface area (Å²) in [5, 5.41) is 3.49. The highest BCUT2D eigenvalue weighted by Gasteiger charge is 2.27. The molecule has 1 aromatic rings. The Balaban J connectivity index is 1.79. The maximum atomic E-state index is 6.00. The molecule has 2 aliphatic heterocycles. The third-order valence-electron chi connectivity index (χ3n) is 4.22. The maximum absolute atomic E-state index is 6.00. The average Bonchev–Trinajstić information content (AvgIpc) is 2.60. The van der Waals surface area contributed by atoms with E-state index in [4.69, 9.17) is 9.47 Å². The van der Waals surface area contributed by atoms with E-state index in [1.165, 1.54) is 18.4 Å². The zero-order chi connectivity index (χ0) is 14.9. The lowest BCUT2D eigenvalue weighted by Crippen LogP contribution is -2.30. The largest absolute Gasteiger partial charge is 0.489 e. The van der Waals surface area contributed by atoms with Gasteiger partial charge >= 0.3 is 0 Å². The van der Waals surface area contributed by atoms with Gasteiger partial charge in [-0.05, 0) is 71.9 Å². The van der Waals surface area contributed by atoms with E-state index < -0.39 is 0 Å². The number of hydrogen-bond acceptors (Lipinski definition) is 3. The molecular formula is C17H24BrNO2. The fourth-order valence-electron chi connectivity index (χ4n) is 3.00. The molecule has 0 spiro atoms. The maximum Gasteiger partial charge on any atom is 0.175 e. The van der Waals surface area contributed by atoms with Gasteiger partial charge in [-0.2, -0.15) is 0 Å². The van der Waals surface area contributed by atoms with Crippen LogP contribution in [0, 0.1) is 11.3 Å². The molecule has 0 amide bonds. The lowest BCUT2D eigenvalue weighted by atomic mass is 9.92. The number of piperidine rings is 1. The van der Waals surface area contributed by atoms with Crippen molar-refractivity contribution in [3.05, 3.63) is 22.2 Å². The van der Waals surface area contributed by atoms with Crippen LogP contribution >= 0.6 is 15.9 Å². The Hall–Kier alpha value is -0.740. The van der Waals surface area contributed by atoms with Crippen LogP contribution in [0.1, 0.15) is 32.3 Å². The highest BCUT2D eigenvalue weighted by atomic mass is 79.9. The second kappa shape index (κ2) is 6.17. The van der Waals surface area contributed by atoms with Crippen LogP contribution in [-0.4, -0.2) is 26.3 Å². The van der Waals surface area contributed by atoms with E-state index in [1.54, 1.807) is 0 Å². The molecule has 1 atom stereocenters. The molecule has 1 unspecified atom stereocenters. The summed E-state index contributed by atoms with van der Waals surface area (Å²) in [5.41, 5.74) is 1.38. The highest BCUT2D eigenvalue weighted by molar-refractivity contribution is 9.10. The van der Waals surface area contributed by atoms with E-state index in [2.05, 4.69) is 47.2 Å². The predicted octanol–water partition coefficient (Wildman–Crippen LogP) is 3.79. The molecule has 3 nitrogen and oxygen atoms in total. The van der Waals surface area contributed by atoms with Gasteiger partial charge in [-0.1, -0.05) is 13.8 Å². The van der Waals surface area contributed by atoms with Gasteiger partial charge in [-0.3, -0.25) is 0 Å². The second-order valence-electron chi connectivity index (χ2n) is 7.06. The van der Waals surface area contributed by atoms with Gasteiger partial charge in [0, 0.05) is 5.41 Å². The van der Waals surface area contributed by atoms with Crippen molar-refractivity contribution in [2.45, 2.75) is 33.1 Å². The standard InChI is InChI=1S/C17H24BrNO2/c1-17(2)10-20-15-8-13(6-12-4-3-5-19-9-12)7-14(18)16(15)21-11-17/h7-8,12,19H,3-6,9-11H2,1-2H3. The summed E-state index contributed by atoms with van der Waals surface area (Å²) in [4.78, 5) is 0. The molecule has 4 heteroatoms. The van der Waals surface area contributed by atoms with Crippen LogP contribution in [0.3, 0.4) is 0 Å². The molecule has 2 heterocycles. The van der Waals surface area contributed by atoms with E-state index in [0.29, 0.717) is 13.2 Å². The summed E-state index contributed by atoms with van der Waals surface area (Å²) in [6.07, 6.45) is 3.70.